The predicted molar refractivity (Wildman–Crippen MR) is 348 cm³/mol. The summed E-state index contributed by atoms with van der Waals surface area (Å²) in [5, 5.41) is 0. The van der Waals surface area contributed by atoms with Gasteiger partial charge in [0.1, 0.15) is 13.2 Å². The van der Waals surface area contributed by atoms with Crippen LogP contribution in [0.4, 0.5) is 0 Å². The van der Waals surface area contributed by atoms with E-state index in [1.807, 2.05) is 0 Å². The Morgan fingerprint density at radius 1 is 0.263 bits per heavy atom. The molecular weight excluding hydrogens is 985 g/mol. The number of rotatable bonds is 59. The van der Waals surface area contributed by atoms with E-state index in [0.717, 1.165) is 154 Å². The summed E-state index contributed by atoms with van der Waals surface area (Å²) in [4.78, 5) is 38.3. The van der Waals surface area contributed by atoms with Gasteiger partial charge in [0.05, 0.1) is 0 Å². The van der Waals surface area contributed by atoms with E-state index in [0.29, 0.717) is 19.3 Å². The van der Waals surface area contributed by atoms with Crippen LogP contribution >= 0.6 is 0 Å². The molecule has 0 bridgehead atoms. The van der Waals surface area contributed by atoms with Crippen molar-refractivity contribution in [3.05, 3.63) is 134 Å². The number of hydrogen-bond donors (Lipinski definition) is 0. The van der Waals surface area contributed by atoms with Crippen molar-refractivity contribution in [1.82, 2.24) is 0 Å². The van der Waals surface area contributed by atoms with Crippen molar-refractivity contribution < 1.29 is 28.6 Å². The van der Waals surface area contributed by atoms with Gasteiger partial charge in [0.15, 0.2) is 6.10 Å². The number of unbranched alkanes of at least 4 members (excludes halogenated alkanes) is 26. The molecule has 0 aromatic heterocycles. The molecule has 6 nitrogen and oxygen atoms in total. The van der Waals surface area contributed by atoms with E-state index in [4.69, 9.17) is 14.2 Å². The van der Waals surface area contributed by atoms with E-state index >= 15 is 0 Å². The third-order valence-corrected chi connectivity index (χ3v) is 13.9. The Bertz CT molecular complexity index is 1700. The minimum absolute atomic E-state index is 0.0925. The largest absolute Gasteiger partial charge is 0.462 e. The fraction of sp³-hybridized carbons (Fsp3) is 0.662. The molecule has 6 heteroatoms. The molecule has 80 heavy (non-hydrogen) atoms. The van der Waals surface area contributed by atoms with Crippen LogP contribution in [0.15, 0.2) is 134 Å². The van der Waals surface area contributed by atoms with Crippen LogP contribution in [0.2, 0.25) is 0 Å². The minimum atomic E-state index is -0.796. The van der Waals surface area contributed by atoms with Crippen LogP contribution in [0.25, 0.3) is 0 Å². The van der Waals surface area contributed by atoms with Crippen LogP contribution in [0, 0.1) is 0 Å². The van der Waals surface area contributed by atoms with E-state index in [2.05, 4.69) is 154 Å². The van der Waals surface area contributed by atoms with E-state index < -0.39 is 6.10 Å². The number of carbonyl (C=O) groups excluding carboxylic acids is 3. The molecule has 0 amide bonds. The topological polar surface area (TPSA) is 78.9 Å². The molecule has 0 aliphatic heterocycles. The molecule has 1 atom stereocenters. The molecule has 0 saturated heterocycles. The van der Waals surface area contributed by atoms with Crippen molar-refractivity contribution in [1.29, 1.82) is 0 Å². The standard InChI is InChI=1S/C74H122O6/c1-4-7-10-13-16-19-22-25-28-29-30-31-32-33-34-35-36-37-38-39-40-41-42-43-44-45-47-49-52-55-58-61-64-67-73(76)79-70-71(69-78-72(75)66-63-60-57-54-51-48-27-24-21-18-15-12-9-6-3)80-74(77)68-65-62-59-56-53-50-46-26-23-20-17-14-11-8-5-2/h7,10,15-16,18-19,24-28,30-31,33-34,36-37,39-40,42-43,46,71H,4-6,8-9,11-14,17,20-23,29,32,35,38,41,44-45,47-70H2,1-3H3/b10-7-,18-15-,19-16-,27-24-,28-25-,31-30-,34-33-,37-36-,40-39-,43-42-,46-26-. The molecule has 0 aliphatic carbocycles. The summed E-state index contributed by atoms with van der Waals surface area (Å²) in [5.74, 6) is -0.919. The highest BCUT2D eigenvalue weighted by Gasteiger charge is 2.19. The Hall–Kier alpha value is -4.45. The summed E-state index contributed by atoms with van der Waals surface area (Å²) in [6, 6.07) is 0. The lowest BCUT2D eigenvalue weighted by molar-refractivity contribution is -0.167. The highest BCUT2D eigenvalue weighted by atomic mass is 16.6. The van der Waals surface area contributed by atoms with Gasteiger partial charge < -0.3 is 14.2 Å². The molecule has 0 N–H and O–H groups in total. The van der Waals surface area contributed by atoms with Crippen molar-refractivity contribution in [2.24, 2.45) is 0 Å². The Kier molecular flexibility index (Phi) is 63.3. The van der Waals surface area contributed by atoms with Gasteiger partial charge in [-0.15, -0.1) is 0 Å². The summed E-state index contributed by atoms with van der Waals surface area (Å²) in [6.45, 7) is 6.46. The van der Waals surface area contributed by atoms with E-state index in [9.17, 15) is 14.4 Å². The molecule has 0 rings (SSSR count). The van der Waals surface area contributed by atoms with E-state index in [1.54, 1.807) is 0 Å². The zero-order valence-corrected chi connectivity index (χ0v) is 52.0. The summed E-state index contributed by atoms with van der Waals surface area (Å²) in [5.41, 5.74) is 0. The monoisotopic (exact) mass is 1110 g/mol. The lowest BCUT2D eigenvalue weighted by Gasteiger charge is -2.18. The van der Waals surface area contributed by atoms with Crippen LogP contribution < -0.4 is 0 Å². The minimum Gasteiger partial charge on any atom is -0.462 e. The van der Waals surface area contributed by atoms with Crippen LogP contribution in [0.3, 0.4) is 0 Å². The van der Waals surface area contributed by atoms with Gasteiger partial charge in [-0.1, -0.05) is 276 Å². The van der Waals surface area contributed by atoms with Gasteiger partial charge >= 0.3 is 17.9 Å². The van der Waals surface area contributed by atoms with Gasteiger partial charge in [0.25, 0.3) is 0 Å². The first kappa shape index (κ1) is 75.5. The number of hydrogen-bond acceptors (Lipinski definition) is 6. The third kappa shape index (κ3) is 64.4. The van der Waals surface area contributed by atoms with Crippen molar-refractivity contribution >= 4 is 17.9 Å². The van der Waals surface area contributed by atoms with Gasteiger partial charge in [-0.3, -0.25) is 14.4 Å². The summed E-state index contributed by atoms with van der Waals surface area (Å²) in [7, 11) is 0. The first-order chi connectivity index (χ1) is 39.5. The molecule has 454 valence electrons. The van der Waals surface area contributed by atoms with E-state index in [1.165, 1.54) is 103 Å². The second-order valence-electron chi connectivity index (χ2n) is 21.6. The van der Waals surface area contributed by atoms with E-state index in [-0.39, 0.29) is 31.1 Å². The molecular formula is C74H122O6. The predicted octanol–water partition coefficient (Wildman–Crippen LogP) is 22.9. The zero-order valence-electron chi connectivity index (χ0n) is 52.0. The average Bonchev–Trinajstić information content (AvgIpc) is 3.46. The Balaban J connectivity index is 4.30. The maximum atomic E-state index is 12.9. The Morgan fingerprint density at radius 3 is 0.812 bits per heavy atom. The molecule has 0 fully saturated rings. The molecule has 0 aromatic carbocycles. The smallest absolute Gasteiger partial charge is 0.306 e. The number of carbonyl (C=O) groups is 3. The third-order valence-electron chi connectivity index (χ3n) is 13.9. The fourth-order valence-electron chi connectivity index (χ4n) is 8.88. The van der Waals surface area contributed by atoms with Gasteiger partial charge in [-0.05, 0) is 135 Å². The van der Waals surface area contributed by atoms with Crippen molar-refractivity contribution in [2.75, 3.05) is 13.2 Å². The Labute approximate surface area is 494 Å². The van der Waals surface area contributed by atoms with Gasteiger partial charge in [0.2, 0.25) is 0 Å². The second kappa shape index (κ2) is 67.1. The molecule has 0 aromatic rings. The van der Waals surface area contributed by atoms with Crippen molar-refractivity contribution in [3.8, 4) is 0 Å². The zero-order chi connectivity index (χ0) is 57.8. The second-order valence-corrected chi connectivity index (χ2v) is 21.6. The van der Waals surface area contributed by atoms with Crippen LogP contribution in [0.1, 0.15) is 297 Å². The molecule has 0 aliphatic rings. The van der Waals surface area contributed by atoms with Gasteiger partial charge in [-0.2, -0.15) is 0 Å². The lowest BCUT2D eigenvalue weighted by atomic mass is 10.1. The Morgan fingerprint density at radius 2 is 0.500 bits per heavy atom. The number of esters is 3. The van der Waals surface area contributed by atoms with Gasteiger partial charge in [0, 0.05) is 19.3 Å². The SMILES string of the molecule is CC/C=C\C/C=C\C/C=C\C/C=C\C/C=C\C/C=C\C/C=C\C/C=C\CCCCCCCCCCC(=O)OCC(COC(=O)CCCCCCC/C=C\C/C=C\CCCC)OC(=O)CCCCCCC/C=C\CCCCCCCC. The highest BCUT2D eigenvalue weighted by molar-refractivity contribution is 5.71. The van der Waals surface area contributed by atoms with Gasteiger partial charge in [-0.25, -0.2) is 0 Å². The first-order valence-corrected chi connectivity index (χ1v) is 33.2. The maximum Gasteiger partial charge on any atom is 0.306 e. The fourth-order valence-corrected chi connectivity index (χ4v) is 8.88. The first-order valence-electron chi connectivity index (χ1n) is 33.2. The molecule has 1 unspecified atom stereocenters. The van der Waals surface area contributed by atoms with Crippen molar-refractivity contribution in [3.63, 3.8) is 0 Å². The number of allylic oxidation sites excluding steroid dienone is 22. The summed E-state index contributed by atoms with van der Waals surface area (Å²) in [6.07, 6.45) is 94.6. The highest BCUT2D eigenvalue weighted by Crippen LogP contribution is 2.15. The number of ether oxygens (including phenoxy) is 3. The molecule has 0 radical (unpaired) electrons. The maximum absolute atomic E-state index is 12.9. The molecule has 0 spiro atoms. The van der Waals surface area contributed by atoms with Crippen molar-refractivity contribution in [2.45, 2.75) is 303 Å². The van der Waals surface area contributed by atoms with Crippen LogP contribution in [-0.2, 0) is 28.6 Å². The normalized spacial score (nSPS) is 13.0. The van der Waals surface area contributed by atoms with Crippen LogP contribution in [-0.4, -0.2) is 37.2 Å². The van der Waals surface area contributed by atoms with Crippen LogP contribution in [0.5, 0.6) is 0 Å². The summed E-state index contributed by atoms with van der Waals surface area (Å²) >= 11 is 0. The lowest BCUT2D eigenvalue weighted by Crippen LogP contribution is -2.30. The molecule has 0 heterocycles. The molecule has 0 saturated carbocycles. The average molecular weight is 1110 g/mol. The quantitative estimate of drug-likeness (QED) is 0.0261. The summed E-state index contributed by atoms with van der Waals surface area (Å²) < 4.78 is 16.9.